The molecule has 8 nitrogen and oxygen atoms in total. The van der Waals surface area contributed by atoms with Crippen molar-refractivity contribution in [3.8, 4) is 5.75 Å². The lowest BCUT2D eigenvalue weighted by atomic mass is 9.97. The molecule has 182 valence electrons. The number of anilines is 2. The van der Waals surface area contributed by atoms with Gasteiger partial charge in [0.1, 0.15) is 5.75 Å². The molecule has 2 aliphatic heterocycles. The van der Waals surface area contributed by atoms with Crippen LogP contribution in [0.15, 0.2) is 45.8 Å². The molecule has 0 bridgehead atoms. The summed E-state index contributed by atoms with van der Waals surface area (Å²) in [5.74, 6) is 0.224. The first-order valence-electron chi connectivity index (χ1n) is 11.3. The average Bonchev–Trinajstić information content (AvgIpc) is 3.25. The predicted octanol–water partition coefficient (Wildman–Crippen LogP) is 3.80. The second-order valence-corrected chi connectivity index (χ2v) is 11.2. The quantitative estimate of drug-likeness (QED) is 0.591. The minimum atomic E-state index is -3.79. The monoisotopic (exact) mass is 549 g/mol. The summed E-state index contributed by atoms with van der Waals surface area (Å²) in [6.07, 6.45) is 1.92. The fourth-order valence-corrected chi connectivity index (χ4v) is 7.02. The van der Waals surface area contributed by atoms with Crippen LogP contribution in [-0.4, -0.2) is 51.3 Å². The standard InChI is InChI=1S/C24H28BrN3O5S/c1-3-23(29)28-12-9-17-13-20(25)22(15-21(17)28)34(31,32)27-10-7-16(8-11-27)24(30)26-18-5-4-6-19(14-18)33-2/h4-6,13-16H,3,7-12H2,1-2H3,(H,26,30). The molecule has 2 aromatic rings. The summed E-state index contributed by atoms with van der Waals surface area (Å²) < 4.78 is 34.1. The van der Waals surface area contributed by atoms with Crippen molar-refractivity contribution in [2.24, 2.45) is 5.92 Å². The Morgan fingerprint density at radius 1 is 1.15 bits per heavy atom. The van der Waals surface area contributed by atoms with E-state index in [1.54, 1.807) is 55.3 Å². The highest BCUT2D eigenvalue weighted by Crippen LogP contribution is 2.37. The van der Waals surface area contributed by atoms with Crippen molar-refractivity contribution in [3.05, 3.63) is 46.4 Å². The smallest absolute Gasteiger partial charge is 0.244 e. The van der Waals surface area contributed by atoms with Crippen molar-refractivity contribution in [2.75, 3.05) is 37.0 Å². The molecule has 0 radical (unpaired) electrons. The Morgan fingerprint density at radius 2 is 1.88 bits per heavy atom. The number of amides is 2. The molecule has 2 aliphatic rings. The molecular formula is C24H28BrN3O5S. The first-order valence-corrected chi connectivity index (χ1v) is 13.6. The highest BCUT2D eigenvalue weighted by molar-refractivity contribution is 9.10. The van der Waals surface area contributed by atoms with E-state index in [4.69, 9.17) is 4.74 Å². The molecule has 0 aliphatic carbocycles. The number of nitrogens with one attached hydrogen (secondary N) is 1. The highest BCUT2D eigenvalue weighted by atomic mass is 79.9. The Balaban J connectivity index is 1.46. The van der Waals surface area contributed by atoms with E-state index in [0.717, 1.165) is 5.56 Å². The summed E-state index contributed by atoms with van der Waals surface area (Å²) in [5, 5.41) is 2.90. The van der Waals surface area contributed by atoms with E-state index in [9.17, 15) is 18.0 Å². The first-order chi connectivity index (χ1) is 16.2. The van der Waals surface area contributed by atoms with Crippen molar-refractivity contribution in [3.63, 3.8) is 0 Å². The Kier molecular flexibility index (Phi) is 7.30. The Morgan fingerprint density at radius 3 is 2.56 bits per heavy atom. The van der Waals surface area contributed by atoms with Crippen LogP contribution < -0.4 is 15.0 Å². The van der Waals surface area contributed by atoms with E-state index < -0.39 is 10.0 Å². The third-order valence-electron chi connectivity index (χ3n) is 6.41. The van der Waals surface area contributed by atoms with Gasteiger partial charge in [-0.2, -0.15) is 4.31 Å². The second kappa shape index (κ2) is 10.1. The fourth-order valence-electron chi connectivity index (χ4n) is 4.48. The number of nitrogens with zero attached hydrogens (tertiary/aromatic N) is 2. The van der Waals surface area contributed by atoms with Crippen LogP contribution in [0.2, 0.25) is 0 Å². The van der Waals surface area contributed by atoms with Crippen LogP contribution >= 0.6 is 15.9 Å². The highest BCUT2D eigenvalue weighted by Gasteiger charge is 2.35. The maximum atomic E-state index is 13.5. The van der Waals surface area contributed by atoms with Crippen molar-refractivity contribution in [1.29, 1.82) is 0 Å². The zero-order valence-electron chi connectivity index (χ0n) is 19.2. The maximum absolute atomic E-state index is 13.5. The van der Waals surface area contributed by atoms with Crippen molar-refractivity contribution >= 4 is 49.1 Å². The number of piperidine rings is 1. The molecule has 0 spiro atoms. The topological polar surface area (TPSA) is 96.0 Å². The number of methoxy groups -OCH3 is 1. The SMILES string of the molecule is CCC(=O)N1CCc2cc(Br)c(S(=O)(=O)N3CCC(C(=O)Nc4cccc(OC)c4)CC3)cc21. The largest absolute Gasteiger partial charge is 0.497 e. The maximum Gasteiger partial charge on any atom is 0.244 e. The van der Waals surface area contributed by atoms with Crippen LogP contribution in [0.3, 0.4) is 0 Å². The normalized spacial score (nSPS) is 16.9. The molecule has 4 rings (SSSR count). The zero-order valence-corrected chi connectivity index (χ0v) is 21.6. The molecule has 1 N–H and O–H groups in total. The molecule has 34 heavy (non-hydrogen) atoms. The number of carbonyl (C=O) groups excluding carboxylic acids is 2. The van der Waals surface area contributed by atoms with E-state index >= 15 is 0 Å². The molecule has 1 saturated heterocycles. The number of carbonyl (C=O) groups is 2. The van der Waals surface area contributed by atoms with Crippen LogP contribution in [-0.2, 0) is 26.0 Å². The lowest BCUT2D eigenvalue weighted by Gasteiger charge is -2.31. The number of hydrogen-bond acceptors (Lipinski definition) is 5. The summed E-state index contributed by atoms with van der Waals surface area (Å²) in [6, 6.07) is 10.5. The Labute approximate surface area is 208 Å². The summed E-state index contributed by atoms with van der Waals surface area (Å²) in [5.41, 5.74) is 2.27. The van der Waals surface area contributed by atoms with E-state index in [0.29, 0.717) is 53.8 Å². The lowest BCUT2D eigenvalue weighted by Crippen LogP contribution is -2.41. The van der Waals surface area contributed by atoms with Gasteiger partial charge in [0.15, 0.2) is 0 Å². The predicted molar refractivity (Wildman–Crippen MR) is 134 cm³/mol. The minimum Gasteiger partial charge on any atom is -0.497 e. The Hall–Kier alpha value is -2.43. The van der Waals surface area contributed by atoms with Crippen LogP contribution in [0, 0.1) is 5.92 Å². The van der Waals surface area contributed by atoms with Crippen molar-refractivity contribution < 1.29 is 22.7 Å². The third-order valence-corrected chi connectivity index (χ3v) is 9.27. The summed E-state index contributed by atoms with van der Waals surface area (Å²) in [4.78, 5) is 26.9. The number of ether oxygens (including phenoxy) is 1. The van der Waals surface area contributed by atoms with Crippen LogP contribution in [0.25, 0.3) is 0 Å². The van der Waals surface area contributed by atoms with E-state index in [1.807, 2.05) is 0 Å². The molecule has 10 heteroatoms. The zero-order chi connectivity index (χ0) is 24.5. The third kappa shape index (κ3) is 4.85. The van der Waals surface area contributed by atoms with Gasteiger partial charge in [0.2, 0.25) is 21.8 Å². The number of benzene rings is 2. The van der Waals surface area contributed by atoms with Crippen LogP contribution in [0.5, 0.6) is 5.75 Å². The van der Waals surface area contributed by atoms with Gasteiger partial charge in [0.05, 0.1) is 12.0 Å². The summed E-state index contributed by atoms with van der Waals surface area (Å²) in [7, 11) is -2.22. The average molecular weight is 550 g/mol. The molecule has 2 heterocycles. The summed E-state index contributed by atoms with van der Waals surface area (Å²) >= 11 is 3.43. The number of halogens is 1. The molecule has 2 aromatic carbocycles. The van der Waals surface area contributed by atoms with Gasteiger partial charge in [-0.3, -0.25) is 9.59 Å². The van der Waals surface area contributed by atoms with Crippen molar-refractivity contribution in [2.45, 2.75) is 37.5 Å². The molecule has 2 amide bonds. The van der Waals surface area contributed by atoms with Gasteiger partial charge in [-0.25, -0.2) is 8.42 Å². The van der Waals surface area contributed by atoms with Gasteiger partial charge in [0, 0.05) is 53.9 Å². The van der Waals surface area contributed by atoms with Gasteiger partial charge < -0.3 is 15.0 Å². The molecule has 1 fully saturated rings. The Bertz CT molecular complexity index is 1210. The van der Waals surface area contributed by atoms with E-state index in [2.05, 4.69) is 21.2 Å². The molecule has 0 aromatic heterocycles. The molecular weight excluding hydrogens is 522 g/mol. The number of sulfonamides is 1. The van der Waals surface area contributed by atoms with Crippen LogP contribution in [0.4, 0.5) is 11.4 Å². The van der Waals surface area contributed by atoms with E-state index in [-0.39, 0.29) is 35.7 Å². The van der Waals surface area contributed by atoms with Gasteiger partial charge in [-0.05, 0) is 65.0 Å². The summed E-state index contributed by atoms with van der Waals surface area (Å²) in [6.45, 7) is 2.86. The number of rotatable bonds is 6. The molecule has 0 atom stereocenters. The molecule has 0 unspecified atom stereocenters. The second-order valence-electron chi connectivity index (χ2n) is 8.46. The minimum absolute atomic E-state index is 0.0210. The van der Waals surface area contributed by atoms with Gasteiger partial charge in [0.25, 0.3) is 0 Å². The number of fused-ring (bicyclic) bond motifs is 1. The first kappa shape index (κ1) is 24.7. The van der Waals surface area contributed by atoms with Crippen molar-refractivity contribution in [1.82, 2.24) is 4.31 Å². The van der Waals surface area contributed by atoms with E-state index in [1.165, 1.54) is 4.31 Å². The van der Waals surface area contributed by atoms with Gasteiger partial charge in [-0.1, -0.05) is 13.0 Å². The van der Waals surface area contributed by atoms with Gasteiger partial charge >= 0.3 is 0 Å². The van der Waals surface area contributed by atoms with Gasteiger partial charge in [-0.15, -0.1) is 0 Å². The fraction of sp³-hybridized carbons (Fsp3) is 0.417. The van der Waals surface area contributed by atoms with Crippen LogP contribution in [0.1, 0.15) is 31.7 Å². The molecule has 0 saturated carbocycles. The lowest BCUT2D eigenvalue weighted by molar-refractivity contribution is -0.121. The number of hydrogen-bond donors (Lipinski definition) is 1.